The van der Waals surface area contributed by atoms with Gasteiger partial charge in [-0.3, -0.25) is 0 Å². The van der Waals surface area contributed by atoms with Crippen molar-refractivity contribution < 1.29 is 0 Å². The number of likely N-dealkylation sites (N-methyl/N-ethyl adjacent to an activating group) is 2. The molecule has 0 unspecified atom stereocenters. The van der Waals surface area contributed by atoms with E-state index in [9.17, 15) is 0 Å². The van der Waals surface area contributed by atoms with Crippen LogP contribution in [0.5, 0.6) is 0 Å². The second kappa shape index (κ2) is 4.44. The fourth-order valence-electron chi connectivity index (χ4n) is 2.44. The van der Waals surface area contributed by atoms with E-state index in [0.717, 1.165) is 13.0 Å². The first-order chi connectivity index (χ1) is 7.63. The Hall–Kier alpha value is -1.06. The Morgan fingerprint density at radius 3 is 2.81 bits per heavy atom. The summed E-state index contributed by atoms with van der Waals surface area (Å²) in [6.45, 7) is 1.80. The number of hydrogen-bond acceptors (Lipinski definition) is 3. The monoisotopic (exact) mass is 219 g/mol. The van der Waals surface area contributed by atoms with Crippen molar-refractivity contribution in [3.05, 3.63) is 29.3 Å². The molecule has 1 aromatic rings. The molecule has 1 heterocycles. The van der Waals surface area contributed by atoms with E-state index in [1.807, 2.05) is 0 Å². The fraction of sp³-hybridized carbons (Fsp3) is 0.538. The van der Waals surface area contributed by atoms with Crippen molar-refractivity contribution >= 4 is 5.69 Å². The second-order valence-electron chi connectivity index (χ2n) is 4.77. The molecule has 1 aromatic carbocycles. The number of hydrogen-bond donors (Lipinski definition) is 1. The summed E-state index contributed by atoms with van der Waals surface area (Å²) in [7, 11) is 6.31. The minimum Gasteiger partial charge on any atom is -0.374 e. The van der Waals surface area contributed by atoms with Crippen LogP contribution in [0.1, 0.15) is 17.2 Å². The lowest BCUT2D eigenvalue weighted by Gasteiger charge is -2.24. The van der Waals surface area contributed by atoms with Gasteiger partial charge in [-0.1, -0.05) is 12.1 Å². The van der Waals surface area contributed by atoms with E-state index in [4.69, 9.17) is 5.73 Å². The largest absolute Gasteiger partial charge is 0.374 e. The van der Waals surface area contributed by atoms with Crippen LogP contribution in [-0.2, 0) is 6.42 Å². The predicted molar refractivity (Wildman–Crippen MR) is 68.9 cm³/mol. The number of anilines is 1. The lowest BCUT2D eigenvalue weighted by atomic mass is 10.0. The molecular weight excluding hydrogens is 198 g/mol. The minimum absolute atomic E-state index is 0.330. The topological polar surface area (TPSA) is 32.5 Å². The first kappa shape index (κ1) is 11.4. The average molecular weight is 219 g/mol. The molecule has 0 radical (unpaired) electrons. The van der Waals surface area contributed by atoms with Crippen LogP contribution in [0.4, 0.5) is 5.69 Å². The Morgan fingerprint density at radius 1 is 1.44 bits per heavy atom. The SMILES string of the molecule is CN1CCc2cc([C@@H](CN)N(C)C)ccc21. The molecule has 1 atom stereocenters. The van der Waals surface area contributed by atoms with E-state index in [2.05, 4.69) is 49.1 Å². The lowest BCUT2D eigenvalue weighted by molar-refractivity contribution is 0.306. The molecule has 2 rings (SSSR count). The molecule has 1 aliphatic heterocycles. The highest BCUT2D eigenvalue weighted by Gasteiger charge is 2.18. The highest BCUT2D eigenvalue weighted by molar-refractivity contribution is 5.58. The molecule has 0 spiro atoms. The lowest BCUT2D eigenvalue weighted by Crippen LogP contribution is -2.27. The van der Waals surface area contributed by atoms with Crippen molar-refractivity contribution in [1.29, 1.82) is 0 Å². The van der Waals surface area contributed by atoms with Crippen LogP contribution in [0.25, 0.3) is 0 Å². The maximum atomic E-state index is 5.83. The zero-order valence-corrected chi connectivity index (χ0v) is 10.4. The Bertz CT molecular complexity index is 373. The van der Waals surface area contributed by atoms with Gasteiger partial charge in [-0.2, -0.15) is 0 Å². The van der Waals surface area contributed by atoms with E-state index < -0.39 is 0 Å². The molecule has 0 amide bonds. The zero-order valence-electron chi connectivity index (χ0n) is 10.4. The van der Waals surface area contributed by atoms with Crippen molar-refractivity contribution in [1.82, 2.24) is 4.90 Å². The van der Waals surface area contributed by atoms with Gasteiger partial charge in [0.05, 0.1) is 0 Å². The van der Waals surface area contributed by atoms with Crippen molar-refractivity contribution in [2.45, 2.75) is 12.5 Å². The summed E-state index contributed by atoms with van der Waals surface area (Å²) in [6, 6.07) is 7.08. The van der Waals surface area contributed by atoms with Crippen LogP contribution in [0.3, 0.4) is 0 Å². The van der Waals surface area contributed by atoms with Crippen LogP contribution in [0.15, 0.2) is 18.2 Å². The maximum Gasteiger partial charge on any atom is 0.0464 e. The number of nitrogens with two attached hydrogens (primary N) is 1. The first-order valence-electron chi connectivity index (χ1n) is 5.84. The molecule has 16 heavy (non-hydrogen) atoms. The van der Waals surface area contributed by atoms with Gasteiger partial charge >= 0.3 is 0 Å². The van der Waals surface area contributed by atoms with E-state index >= 15 is 0 Å². The Morgan fingerprint density at radius 2 is 2.19 bits per heavy atom. The fourth-order valence-corrected chi connectivity index (χ4v) is 2.44. The van der Waals surface area contributed by atoms with E-state index in [-0.39, 0.29) is 0 Å². The van der Waals surface area contributed by atoms with Gasteiger partial charge in [0, 0.05) is 31.9 Å². The summed E-state index contributed by atoms with van der Waals surface area (Å²) in [4.78, 5) is 4.49. The minimum atomic E-state index is 0.330. The molecule has 0 saturated heterocycles. The van der Waals surface area contributed by atoms with Gasteiger partial charge in [0.15, 0.2) is 0 Å². The Balaban J connectivity index is 2.31. The highest BCUT2D eigenvalue weighted by atomic mass is 15.1. The Kier molecular flexibility index (Phi) is 3.17. The van der Waals surface area contributed by atoms with Crippen LogP contribution in [0.2, 0.25) is 0 Å². The number of nitrogens with zero attached hydrogens (tertiary/aromatic N) is 2. The van der Waals surface area contributed by atoms with Gasteiger partial charge in [0.25, 0.3) is 0 Å². The molecular formula is C13H21N3. The summed E-state index contributed by atoms with van der Waals surface area (Å²) in [6.07, 6.45) is 1.16. The predicted octanol–water partition coefficient (Wildman–Crippen LogP) is 1.24. The van der Waals surface area contributed by atoms with Crippen molar-refractivity contribution in [2.75, 3.05) is 39.1 Å². The summed E-state index contributed by atoms with van der Waals surface area (Å²) in [5, 5.41) is 0. The van der Waals surface area contributed by atoms with Gasteiger partial charge in [-0.05, 0) is 37.7 Å². The smallest absolute Gasteiger partial charge is 0.0464 e. The van der Waals surface area contributed by atoms with E-state index in [1.165, 1.54) is 16.8 Å². The normalized spacial score (nSPS) is 16.7. The molecule has 3 nitrogen and oxygen atoms in total. The summed E-state index contributed by atoms with van der Waals surface area (Å²) >= 11 is 0. The molecule has 88 valence electrons. The summed E-state index contributed by atoms with van der Waals surface area (Å²) in [5.41, 5.74) is 9.99. The van der Waals surface area contributed by atoms with Crippen LogP contribution in [-0.4, -0.2) is 39.1 Å². The van der Waals surface area contributed by atoms with Crippen LogP contribution >= 0.6 is 0 Å². The second-order valence-corrected chi connectivity index (χ2v) is 4.77. The van der Waals surface area contributed by atoms with Gasteiger partial charge in [0.2, 0.25) is 0 Å². The van der Waals surface area contributed by atoms with Crippen molar-refractivity contribution in [3.8, 4) is 0 Å². The molecule has 1 aliphatic rings. The summed E-state index contributed by atoms with van der Waals surface area (Å²) in [5.74, 6) is 0. The van der Waals surface area contributed by atoms with Crippen molar-refractivity contribution in [3.63, 3.8) is 0 Å². The van der Waals surface area contributed by atoms with Gasteiger partial charge in [-0.15, -0.1) is 0 Å². The molecule has 0 saturated carbocycles. The third-order valence-electron chi connectivity index (χ3n) is 3.46. The first-order valence-corrected chi connectivity index (χ1v) is 5.84. The molecule has 3 heteroatoms. The number of rotatable bonds is 3. The third-order valence-corrected chi connectivity index (χ3v) is 3.46. The molecule has 0 aliphatic carbocycles. The quantitative estimate of drug-likeness (QED) is 0.830. The summed E-state index contributed by atoms with van der Waals surface area (Å²) < 4.78 is 0. The van der Waals surface area contributed by atoms with E-state index in [0.29, 0.717) is 12.6 Å². The number of benzene rings is 1. The molecule has 0 fully saturated rings. The molecule has 0 aromatic heterocycles. The molecule has 2 N–H and O–H groups in total. The standard InChI is InChI=1S/C13H21N3/c1-15(2)13(9-14)10-4-5-12-11(8-10)6-7-16(12)3/h4-5,8,13H,6-7,9,14H2,1-3H3/t13-/m1/s1. The van der Waals surface area contributed by atoms with Crippen LogP contribution < -0.4 is 10.6 Å². The van der Waals surface area contributed by atoms with Gasteiger partial charge < -0.3 is 15.5 Å². The average Bonchev–Trinajstić information content (AvgIpc) is 2.61. The van der Waals surface area contributed by atoms with E-state index in [1.54, 1.807) is 0 Å². The van der Waals surface area contributed by atoms with Gasteiger partial charge in [0.1, 0.15) is 0 Å². The maximum absolute atomic E-state index is 5.83. The van der Waals surface area contributed by atoms with Crippen LogP contribution in [0, 0.1) is 0 Å². The van der Waals surface area contributed by atoms with Crippen molar-refractivity contribution in [2.24, 2.45) is 5.73 Å². The zero-order chi connectivity index (χ0) is 11.7. The highest BCUT2D eigenvalue weighted by Crippen LogP contribution is 2.30. The Labute approximate surface area is 97.8 Å². The third kappa shape index (κ3) is 1.93. The number of fused-ring (bicyclic) bond motifs is 1. The van der Waals surface area contributed by atoms with Gasteiger partial charge in [-0.25, -0.2) is 0 Å². The molecule has 0 bridgehead atoms.